The maximum absolute atomic E-state index is 13.7. The molecule has 2 amide bonds. The Morgan fingerprint density at radius 2 is 1.49 bits per heavy atom. The summed E-state index contributed by atoms with van der Waals surface area (Å²) < 4.78 is 28.4. The van der Waals surface area contributed by atoms with Crippen LogP contribution in [0.3, 0.4) is 0 Å². The number of hydrogen-bond donors (Lipinski definition) is 1. The molecule has 0 aliphatic heterocycles. The highest BCUT2D eigenvalue weighted by Gasteiger charge is 2.33. The Bertz CT molecular complexity index is 1050. The monoisotopic (exact) mass is 502 g/mol. The van der Waals surface area contributed by atoms with Gasteiger partial charge in [-0.05, 0) is 43.9 Å². The van der Waals surface area contributed by atoms with E-state index in [-0.39, 0.29) is 11.9 Å². The Hall–Kier alpha value is -2.91. The average molecular weight is 503 g/mol. The van der Waals surface area contributed by atoms with Gasteiger partial charge in [-0.25, -0.2) is 4.31 Å². The highest BCUT2D eigenvalue weighted by atomic mass is 32.2. The van der Waals surface area contributed by atoms with Crippen molar-refractivity contribution in [2.75, 3.05) is 31.5 Å². The molecule has 1 N–H and O–H groups in total. The minimum atomic E-state index is -3.94. The third-order valence-electron chi connectivity index (χ3n) is 5.93. The molecule has 35 heavy (non-hydrogen) atoms. The summed E-state index contributed by atoms with van der Waals surface area (Å²) in [5.41, 5.74) is 1.41. The molecule has 2 aromatic rings. The molecular weight excluding hydrogens is 464 g/mol. The number of para-hydroxylation sites is 1. The molecule has 0 aromatic heterocycles. The van der Waals surface area contributed by atoms with Gasteiger partial charge in [0.25, 0.3) is 0 Å². The quantitative estimate of drug-likeness (QED) is 0.456. The molecule has 0 aliphatic rings. The van der Waals surface area contributed by atoms with Crippen molar-refractivity contribution in [3.63, 3.8) is 0 Å². The van der Waals surface area contributed by atoms with Gasteiger partial charge in [-0.1, -0.05) is 62.4 Å². The summed E-state index contributed by atoms with van der Waals surface area (Å²) in [5, 5.41) is 2.97. The van der Waals surface area contributed by atoms with Crippen molar-refractivity contribution in [2.24, 2.45) is 0 Å². The number of hydrogen-bond acceptors (Lipinski definition) is 4. The van der Waals surface area contributed by atoms with Crippen molar-refractivity contribution in [1.29, 1.82) is 0 Å². The van der Waals surface area contributed by atoms with Gasteiger partial charge >= 0.3 is 10.2 Å². The van der Waals surface area contributed by atoms with Crippen molar-refractivity contribution in [3.8, 4) is 0 Å². The predicted molar refractivity (Wildman–Crippen MR) is 140 cm³/mol. The molecule has 9 heteroatoms. The van der Waals surface area contributed by atoms with Gasteiger partial charge in [0.2, 0.25) is 11.8 Å². The highest BCUT2D eigenvalue weighted by Crippen LogP contribution is 2.20. The van der Waals surface area contributed by atoms with Crippen molar-refractivity contribution in [3.05, 3.63) is 66.2 Å². The van der Waals surface area contributed by atoms with Crippen LogP contribution in [0.1, 0.15) is 39.2 Å². The third-order valence-corrected chi connectivity index (χ3v) is 7.75. The Kier molecular flexibility index (Phi) is 10.7. The van der Waals surface area contributed by atoms with Gasteiger partial charge in [-0.15, -0.1) is 0 Å². The van der Waals surface area contributed by atoms with E-state index in [9.17, 15) is 18.0 Å². The first-order valence-electron chi connectivity index (χ1n) is 12.0. The molecule has 0 spiro atoms. The lowest BCUT2D eigenvalue weighted by molar-refractivity contribution is -0.139. The molecule has 0 saturated carbocycles. The second-order valence-corrected chi connectivity index (χ2v) is 10.8. The SMILES string of the molecule is CCC(C)NC(=O)C(CC)N(CCc1ccccc1)C(=O)CN(c1ccccc1)S(=O)(=O)N(C)C. The molecule has 0 heterocycles. The lowest BCUT2D eigenvalue weighted by atomic mass is 10.1. The summed E-state index contributed by atoms with van der Waals surface area (Å²) in [6.45, 7) is 5.64. The Balaban J connectivity index is 2.39. The van der Waals surface area contributed by atoms with Crippen LogP contribution < -0.4 is 9.62 Å². The molecule has 8 nitrogen and oxygen atoms in total. The van der Waals surface area contributed by atoms with E-state index in [1.807, 2.05) is 51.1 Å². The molecule has 2 unspecified atom stereocenters. The summed E-state index contributed by atoms with van der Waals surface area (Å²) in [6, 6.07) is 17.5. The van der Waals surface area contributed by atoms with Crippen LogP contribution in [0, 0.1) is 0 Å². The highest BCUT2D eigenvalue weighted by molar-refractivity contribution is 7.90. The Morgan fingerprint density at radius 3 is 2.00 bits per heavy atom. The van der Waals surface area contributed by atoms with Gasteiger partial charge in [0.05, 0.1) is 5.69 Å². The van der Waals surface area contributed by atoms with E-state index in [4.69, 9.17) is 0 Å². The first kappa shape index (κ1) is 28.3. The number of rotatable bonds is 13. The molecular formula is C26H38N4O4S. The Morgan fingerprint density at radius 1 is 0.914 bits per heavy atom. The van der Waals surface area contributed by atoms with Crippen molar-refractivity contribution in [1.82, 2.24) is 14.5 Å². The number of carbonyl (C=O) groups is 2. The average Bonchev–Trinajstić information content (AvgIpc) is 2.85. The summed E-state index contributed by atoms with van der Waals surface area (Å²) >= 11 is 0. The molecule has 2 rings (SSSR count). The van der Waals surface area contributed by atoms with Crippen molar-refractivity contribution >= 4 is 27.7 Å². The van der Waals surface area contributed by atoms with Crippen LogP contribution in [-0.2, 0) is 26.2 Å². The maximum Gasteiger partial charge on any atom is 0.304 e. The largest absolute Gasteiger partial charge is 0.352 e. The smallest absolute Gasteiger partial charge is 0.304 e. The molecule has 2 atom stereocenters. The van der Waals surface area contributed by atoms with Gasteiger partial charge in [0.15, 0.2) is 0 Å². The van der Waals surface area contributed by atoms with Crippen molar-refractivity contribution in [2.45, 2.75) is 52.1 Å². The summed E-state index contributed by atoms with van der Waals surface area (Å²) in [6.07, 6.45) is 1.73. The lowest BCUT2D eigenvalue weighted by Crippen LogP contribution is -2.55. The van der Waals surface area contributed by atoms with Gasteiger partial charge in [0, 0.05) is 26.7 Å². The van der Waals surface area contributed by atoms with Gasteiger partial charge in [-0.3, -0.25) is 9.59 Å². The third kappa shape index (κ3) is 7.80. The maximum atomic E-state index is 13.7. The minimum absolute atomic E-state index is 0.0300. The fraction of sp³-hybridized carbons (Fsp3) is 0.462. The standard InChI is InChI=1S/C26H38N4O4S/c1-6-21(3)27-26(32)24(7-2)29(19-18-22-14-10-8-11-15-22)25(31)20-30(35(33,34)28(4)5)23-16-12-9-13-17-23/h8-17,21,24H,6-7,18-20H2,1-5H3,(H,27,32). The zero-order chi connectivity index (χ0) is 26.0. The fourth-order valence-corrected chi connectivity index (χ4v) is 4.70. The van der Waals surface area contributed by atoms with E-state index < -0.39 is 28.7 Å². The van der Waals surface area contributed by atoms with Crippen LogP contribution in [0.2, 0.25) is 0 Å². The summed E-state index contributed by atoms with van der Waals surface area (Å²) in [4.78, 5) is 28.3. The zero-order valence-electron chi connectivity index (χ0n) is 21.3. The molecule has 0 aliphatic carbocycles. The van der Waals surface area contributed by atoms with E-state index >= 15 is 0 Å². The van der Waals surface area contributed by atoms with Crippen LogP contribution in [0.15, 0.2) is 60.7 Å². The van der Waals surface area contributed by atoms with Gasteiger partial charge < -0.3 is 10.2 Å². The number of nitrogens with one attached hydrogen (secondary N) is 1. The summed E-state index contributed by atoms with van der Waals surface area (Å²) in [7, 11) is -1.09. The second kappa shape index (κ2) is 13.3. The topological polar surface area (TPSA) is 90.0 Å². The van der Waals surface area contributed by atoms with E-state index in [1.165, 1.54) is 19.0 Å². The molecule has 0 fully saturated rings. The van der Waals surface area contributed by atoms with Gasteiger partial charge in [0.1, 0.15) is 12.6 Å². The van der Waals surface area contributed by atoms with Crippen molar-refractivity contribution < 1.29 is 18.0 Å². The molecule has 0 bridgehead atoms. The van der Waals surface area contributed by atoms with Crippen LogP contribution >= 0.6 is 0 Å². The molecule has 192 valence electrons. The second-order valence-electron chi connectivity index (χ2n) is 8.70. The van der Waals surface area contributed by atoms with Gasteiger partial charge in [-0.2, -0.15) is 12.7 Å². The molecule has 2 aromatic carbocycles. The van der Waals surface area contributed by atoms with Crippen LogP contribution in [-0.4, -0.2) is 68.7 Å². The number of anilines is 1. The van der Waals surface area contributed by atoms with Crippen LogP contribution in [0.25, 0.3) is 0 Å². The first-order valence-corrected chi connectivity index (χ1v) is 13.4. The fourth-order valence-electron chi connectivity index (χ4n) is 3.65. The van der Waals surface area contributed by atoms with E-state index in [0.717, 1.165) is 20.6 Å². The molecule has 0 saturated heterocycles. The Labute approximate surface area is 210 Å². The number of nitrogens with zero attached hydrogens (tertiary/aromatic N) is 3. The number of benzene rings is 2. The number of amides is 2. The minimum Gasteiger partial charge on any atom is -0.352 e. The van der Waals surface area contributed by atoms with E-state index in [0.29, 0.717) is 25.1 Å². The van der Waals surface area contributed by atoms with E-state index in [1.54, 1.807) is 30.3 Å². The number of carbonyl (C=O) groups excluding carboxylic acids is 2. The zero-order valence-corrected chi connectivity index (χ0v) is 22.2. The normalized spacial score (nSPS) is 13.2. The molecule has 0 radical (unpaired) electrons. The van der Waals surface area contributed by atoms with Crippen LogP contribution in [0.5, 0.6) is 0 Å². The van der Waals surface area contributed by atoms with Crippen LogP contribution in [0.4, 0.5) is 5.69 Å². The van der Waals surface area contributed by atoms with E-state index in [2.05, 4.69) is 5.32 Å². The predicted octanol–water partition coefficient (Wildman–Crippen LogP) is 3.06. The summed E-state index contributed by atoms with van der Waals surface area (Å²) in [5.74, 6) is -0.661. The first-order chi connectivity index (χ1) is 16.6. The lowest BCUT2D eigenvalue weighted by Gasteiger charge is -2.34.